The number of aromatic nitrogens is 3. The number of nitrogens with two attached hydrogens (primary N) is 1. The second-order valence-electron chi connectivity index (χ2n) is 6.53. The summed E-state index contributed by atoms with van der Waals surface area (Å²) in [5.41, 5.74) is 8.68. The highest BCUT2D eigenvalue weighted by molar-refractivity contribution is 5.90. The molecular formula is C15H21N5. The van der Waals surface area contributed by atoms with Crippen molar-refractivity contribution in [2.75, 3.05) is 5.32 Å². The predicted octanol–water partition coefficient (Wildman–Crippen LogP) is 2.20. The zero-order chi connectivity index (χ0) is 13.7. The molecule has 0 unspecified atom stereocenters. The number of hydrogen-bond acceptors (Lipinski definition) is 4. The third-order valence-corrected chi connectivity index (χ3v) is 5.02. The average molecular weight is 271 g/mol. The Morgan fingerprint density at radius 1 is 1.35 bits per heavy atom. The standard InChI is InChI=1S/C15H21N5/c1-2-9-7-17-13-12(9)14(19-8-18-13)20-11-5-15(6-11)3-10(16)4-15/h7-8,10-11H,2-6,16H2,1H3,(H2,17,18,19,20). The number of fused-ring (bicyclic) bond motifs is 1. The lowest BCUT2D eigenvalue weighted by molar-refractivity contribution is 0.00114. The first-order valence-electron chi connectivity index (χ1n) is 7.52. The van der Waals surface area contributed by atoms with Gasteiger partial charge >= 0.3 is 0 Å². The Kier molecular flexibility index (Phi) is 2.54. The van der Waals surface area contributed by atoms with E-state index in [4.69, 9.17) is 5.73 Å². The number of anilines is 1. The maximum Gasteiger partial charge on any atom is 0.143 e. The van der Waals surface area contributed by atoms with Crippen LogP contribution in [0.2, 0.25) is 0 Å². The van der Waals surface area contributed by atoms with Gasteiger partial charge in [-0.15, -0.1) is 0 Å². The van der Waals surface area contributed by atoms with E-state index in [1.807, 2.05) is 6.20 Å². The monoisotopic (exact) mass is 271 g/mol. The van der Waals surface area contributed by atoms with Crippen molar-refractivity contribution in [3.63, 3.8) is 0 Å². The molecule has 0 radical (unpaired) electrons. The molecule has 0 saturated heterocycles. The molecule has 2 aromatic rings. The summed E-state index contributed by atoms with van der Waals surface area (Å²) in [4.78, 5) is 12.0. The van der Waals surface area contributed by atoms with E-state index in [-0.39, 0.29) is 0 Å². The summed E-state index contributed by atoms with van der Waals surface area (Å²) < 4.78 is 0. The molecule has 2 saturated carbocycles. The van der Waals surface area contributed by atoms with Crippen LogP contribution in [0.5, 0.6) is 0 Å². The van der Waals surface area contributed by atoms with Crippen LogP contribution in [0.25, 0.3) is 11.0 Å². The molecule has 5 nitrogen and oxygen atoms in total. The fraction of sp³-hybridized carbons (Fsp3) is 0.600. The second-order valence-corrected chi connectivity index (χ2v) is 6.53. The predicted molar refractivity (Wildman–Crippen MR) is 79.6 cm³/mol. The van der Waals surface area contributed by atoms with Gasteiger partial charge in [0.2, 0.25) is 0 Å². The van der Waals surface area contributed by atoms with E-state index in [1.54, 1.807) is 6.33 Å². The van der Waals surface area contributed by atoms with Crippen LogP contribution in [0.15, 0.2) is 12.5 Å². The van der Waals surface area contributed by atoms with Gasteiger partial charge in [0.1, 0.15) is 17.8 Å². The van der Waals surface area contributed by atoms with Crippen LogP contribution >= 0.6 is 0 Å². The van der Waals surface area contributed by atoms with Crippen molar-refractivity contribution in [1.82, 2.24) is 15.0 Å². The molecule has 0 atom stereocenters. The lowest BCUT2D eigenvalue weighted by Crippen LogP contribution is -2.57. The van der Waals surface area contributed by atoms with Gasteiger partial charge < -0.3 is 16.0 Å². The molecule has 20 heavy (non-hydrogen) atoms. The molecule has 1 spiro atoms. The van der Waals surface area contributed by atoms with E-state index in [0.717, 1.165) is 23.3 Å². The SMILES string of the molecule is CCc1c[nH]c2ncnc(NC3CC4(CC(N)C4)C3)c12. The van der Waals surface area contributed by atoms with Crippen molar-refractivity contribution in [3.8, 4) is 0 Å². The smallest absolute Gasteiger partial charge is 0.143 e. The summed E-state index contributed by atoms with van der Waals surface area (Å²) in [5, 5.41) is 4.76. The molecule has 0 bridgehead atoms. The maximum absolute atomic E-state index is 5.91. The minimum atomic E-state index is 0.443. The first kappa shape index (κ1) is 12.1. The molecule has 106 valence electrons. The van der Waals surface area contributed by atoms with Crippen molar-refractivity contribution in [2.24, 2.45) is 11.1 Å². The zero-order valence-electron chi connectivity index (χ0n) is 11.8. The van der Waals surface area contributed by atoms with E-state index in [2.05, 4.69) is 27.2 Å². The Morgan fingerprint density at radius 3 is 2.85 bits per heavy atom. The van der Waals surface area contributed by atoms with Gasteiger partial charge in [0.25, 0.3) is 0 Å². The van der Waals surface area contributed by atoms with Gasteiger partial charge in [-0.25, -0.2) is 9.97 Å². The summed E-state index contributed by atoms with van der Waals surface area (Å²) in [6.07, 6.45) is 9.54. The lowest BCUT2D eigenvalue weighted by Gasteiger charge is -2.57. The zero-order valence-corrected chi connectivity index (χ0v) is 11.8. The highest BCUT2D eigenvalue weighted by Gasteiger charge is 2.51. The largest absolute Gasteiger partial charge is 0.367 e. The number of aromatic amines is 1. The average Bonchev–Trinajstić information content (AvgIpc) is 2.78. The van der Waals surface area contributed by atoms with Gasteiger partial charge in [-0.1, -0.05) is 6.92 Å². The number of nitrogens with zero attached hydrogens (tertiary/aromatic N) is 2. The summed E-state index contributed by atoms with van der Waals surface area (Å²) in [6.45, 7) is 2.16. The Labute approximate surface area is 118 Å². The Bertz CT molecular complexity index is 633. The molecule has 0 aliphatic heterocycles. The lowest BCUT2D eigenvalue weighted by atomic mass is 9.52. The molecule has 0 amide bonds. The molecule has 4 rings (SSSR count). The fourth-order valence-electron chi connectivity index (χ4n) is 4.08. The summed E-state index contributed by atoms with van der Waals surface area (Å²) in [5.74, 6) is 0.983. The molecule has 5 heteroatoms. The van der Waals surface area contributed by atoms with Gasteiger partial charge in [-0.2, -0.15) is 0 Å². The van der Waals surface area contributed by atoms with Crippen molar-refractivity contribution in [2.45, 2.75) is 51.1 Å². The Morgan fingerprint density at radius 2 is 2.15 bits per heavy atom. The summed E-state index contributed by atoms with van der Waals surface area (Å²) in [7, 11) is 0. The number of aryl methyl sites for hydroxylation is 1. The Balaban J connectivity index is 1.53. The van der Waals surface area contributed by atoms with Crippen LogP contribution in [0.3, 0.4) is 0 Å². The van der Waals surface area contributed by atoms with Crippen molar-refractivity contribution in [3.05, 3.63) is 18.1 Å². The fourth-order valence-corrected chi connectivity index (χ4v) is 4.08. The number of nitrogens with one attached hydrogen (secondary N) is 2. The van der Waals surface area contributed by atoms with Crippen LogP contribution in [0.1, 0.15) is 38.2 Å². The van der Waals surface area contributed by atoms with E-state index < -0.39 is 0 Å². The van der Waals surface area contributed by atoms with Crippen molar-refractivity contribution >= 4 is 16.9 Å². The van der Waals surface area contributed by atoms with Crippen LogP contribution in [0.4, 0.5) is 5.82 Å². The highest BCUT2D eigenvalue weighted by Crippen LogP contribution is 2.55. The van der Waals surface area contributed by atoms with Crippen LogP contribution in [-0.2, 0) is 6.42 Å². The molecule has 0 aromatic carbocycles. The summed E-state index contributed by atoms with van der Waals surface area (Å²) in [6, 6.07) is 0.985. The van der Waals surface area contributed by atoms with Crippen LogP contribution in [0, 0.1) is 5.41 Å². The van der Waals surface area contributed by atoms with E-state index in [0.29, 0.717) is 17.5 Å². The van der Waals surface area contributed by atoms with E-state index in [9.17, 15) is 0 Å². The minimum absolute atomic E-state index is 0.443. The van der Waals surface area contributed by atoms with Crippen molar-refractivity contribution in [1.29, 1.82) is 0 Å². The van der Waals surface area contributed by atoms with Gasteiger partial charge in [-0.05, 0) is 43.1 Å². The van der Waals surface area contributed by atoms with Gasteiger partial charge in [0, 0.05) is 18.3 Å². The van der Waals surface area contributed by atoms with E-state index in [1.165, 1.54) is 31.2 Å². The van der Waals surface area contributed by atoms with Gasteiger partial charge in [0.15, 0.2) is 0 Å². The first-order chi connectivity index (χ1) is 9.69. The summed E-state index contributed by atoms with van der Waals surface area (Å²) >= 11 is 0. The minimum Gasteiger partial charge on any atom is -0.367 e. The molecule has 2 aromatic heterocycles. The molecule has 4 N–H and O–H groups in total. The number of H-pyrrole nitrogens is 1. The quantitative estimate of drug-likeness (QED) is 0.799. The maximum atomic E-state index is 5.91. The third-order valence-electron chi connectivity index (χ3n) is 5.02. The Hall–Kier alpha value is -1.62. The molecule has 2 aliphatic rings. The number of hydrogen-bond donors (Lipinski definition) is 3. The molecule has 2 heterocycles. The normalized spacial score (nSPS) is 32.1. The van der Waals surface area contributed by atoms with Crippen LogP contribution in [-0.4, -0.2) is 27.0 Å². The third kappa shape index (κ3) is 1.73. The topological polar surface area (TPSA) is 79.6 Å². The molecule has 2 aliphatic carbocycles. The van der Waals surface area contributed by atoms with E-state index >= 15 is 0 Å². The second kappa shape index (κ2) is 4.19. The van der Waals surface area contributed by atoms with Gasteiger partial charge in [-0.3, -0.25) is 0 Å². The number of rotatable bonds is 3. The van der Waals surface area contributed by atoms with Crippen molar-refractivity contribution < 1.29 is 0 Å². The molecule has 2 fully saturated rings. The molecular weight excluding hydrogens is 250 g/mol. The van der Waals surface area contributed by atoms with Crippen LogP contribution < -0.4 is 11.1 Å². The highest BCUT2D eigenvalue weighted by atomic mass is 15.1. The first-order valence-corrected chi connectivity index (χ1v) is 7.52. The van der Waals surface area contributed by atoms with Gasteiger partial charge in [0.05, 0.1) is 5.39 Å².